The molecule has 0 radical (unpaired) electrons. The van der Waals surface area contributed by atoms with Crippen LogP contribution in [0.1, 0.15) is 38.2 Å². The van der Waals surface area contributed by atoms with Crippen LogP contribution in [0.2, 0.25) is 0 Å². The molecule has 0 saturated carbocycles. The molecule has 1 aliphatic carbocycles. The number of ether oxygens (including phenoxy) is 2. The number of rotatable bonds is 5. The van der Waals surface area contributed by atoms with Crippen molar-refractivity contribution in [1.29, 1.82) is 0 Å². The van der Waals surface area contributed by atoms with Crippen LogP contribution in [0.4, 0.5) is 4.39 Å². The van der Waals surface area contributed by atoms with Gasteiger partial charge in [-0.2, -0.15) is 0 Å². The van der Waals surface area contributed by atoms with Gasteiger partial charge in [0.25, 0.3) is 0 Å². The summed E-state index contributed by atoms with van der Waals surface area (Å²) in [5.41, 5.74) is 6.01. The average Bonchev–Trinajstić information content (AvgIpc) is 2.86. The van der Waals surface area contributed by atoms with Crippen molar-refractivity contribution in [3.05, 3.63) is 130 Å². The van der Waals surface area contributed by atoms with Crippen molar-refractivity contribution >= 4 is 17.4 Å². The summed E-state index contributed by atoms with van der Waals surface area (Å²) in [6.45, 7) is 0.305. The van der Waals surface area contributed by atoms with E-state index >= 15 is 0 Å². The van der Waals surface area contributed by atoms with E-state index < -0.39 is 0 Å². The number of halogens is 1. The highest BCUT2D eigenvalue weighted by Gasteiger charge is 2.26. The molecule has 33 heavy (non-hydrogen) atoms. The van der Waals surface area contributed by atoms with Gasteiger partial charge in [-0.05, 0) is 58.2 Å². The molecule has 4 aromatic rings. The summed E-state index contributed by atoms with van der Waals surface area (Å²) in [4.78, 5) is 13.0. The molecular formula is C29H21FO3. The summed E-state index contributed by atoms with van der Waals surface area (Å²) in [7, 11) is 1.60. The molecule has 162 valence electrons. The molecule has 0 aliphatic heterocycles. The lowest BCUT2D eigenvalue weighted by molar-refractivity contribution is 0.103. The topological polar surface area (TPSA) is 35.5 Å². The van der Waals surface area contributed by atoms with Crippen LogP contribution in [-0.4, -0.2) is 12.9 Å². The largest absolute Gasteiger partial charge is 0.493 e. The first-order valence-electron chi connectivity index (χ1n) is 10.6. The summed E-state index contributed by atoms with van der Waals surface area (Å²) >= 11 is 0. The molecule has 0 amide bonds. The minimum atomic E-state index is -0.277. The first kappa shape index (κ1) is 20.7. The van der Waals surface area contributed by atoms with E-state index in [1.165, 1.54) is 12.1 Å². The van der Waals surface area contributed by atoms with Crippen LogP contribution in [0.15, 0.2) is 91.0 Å². The number of carbonyl (C=O) groups excluding carboxylic acids is 1. The Morgan fingerprint density at radius 3 is 1.97 bits per heavy atom. The molecule has 4 aromatic carbocycles. The van der Waals surface area contributed by atoms with Crippen LogP contribution in [-0.2, 0) is 6.61 Å². The third-order valence-corrected chi connectivity index (χ3v) is 5.73. The number of benzene rings is 4. The summed E-state index contributed by atoms with van der Waals surface area (Å²) in [6.07, 6.45) is 2.07. The molecule has 3 nitrogen and oxygen atoms in total. The van der Waals surface area contributed by atoms with E-state index in [0.717, 1.165) is 27.8 Å². The molecule has 0 spiro atoms. The zero-order valence-corrected chi connectivity index (χ0v) is 18.0. The monoisotopic (exact) mass is 436 g/mol. The van der Waals surface area contributed by atoms with Gasteiger partial charge in [0.2, 0.25) is 0 Å². The second-order valence-corrected chi connectivity index (χ2v) is 7.80. The van der Waals surface area contributed by atoms with E-state index in [1.54, 1.807) is 19.2 Å². The van der Waals surface area contributed by atoms with Gasteiger partial charge in [-0.1, -0.05) is 66.7 Å². The van der Waals surface area contributed by atoms with Crippen LogP contribution >= 0.6 is 0 Å². The first-order valence-corrected chi connectivity index (χ1v) is 10.6. The molecule has 0 unspecified atom stereocenters. The Morgan fingerprint density at radius 2 is 1.36 bits per heavy atom. The SMILES string of the molecule is COc1cc(C=C2c3ccccc3C(=O)c3ccccc32)ccc1OCc1ccc(F)cc1. The zero-order valence-electron chi connectivity index (χ0n) is 18.0. The van der Waals surface area contributed by atoms with Crippen LogP contribution in [0.3, 0.4) is 0 Å². The third-order valence-electron chi connectivity index (χ3n) is 5.73. The molecular weight excluding hydrogens is 415 g/mol. The first-order chi connectivity index (χ1) is 16.1. The van der Waals surface area contributed by atoms with Crippen molar-refractivity contribution < 1.29 is 18.7 Å². The Bertz CT molecular complexity index is 1320. The second-order valence-electron chi connectivity index (χ2n) is 7.80. The minimum absolute atomic E-state index is 0.0421. The van der Waals surface area contributed by atoms with Crippen molar-refractivity contribution in [1.82, 2.24) is 0 Å². The van der Waals surface area contributed by atoms with Crippen molar-refractivity contribution in [3.63, 3.8) is 0 Å². The predicted octanol–water partition coefficient (Wildman–Crippen LogP) is 6.55. The second kappa shape index (κ2) is 8.75. The van der Waals surface area contributed by atoms with Gasteiger partial charge >= 0.3 is 0 Å². The maximum Gasteiger partial charge on any atom is 0.194 e. The van der Waals surface area contributed by atoms with Gasteiger partial charge in [-0.3, -0.25) is 4.79 Å². The molecule has 0 bridgehead atoms. The maximum atomic E-state index is 13.1. The van der Waals surface area contributed by atoms with Gasteiger partial charge in [0, 0.05) is 11.1 Å². The number of hydrogen-bond acceptors (Lipinski definition) is 3. The smallest absolute Gasteiger partial charge is 0.194 e. The zero-order chi connectivity index (χ0) is 22.8. The standard InChI is InChI=1S/C29H21FO3/c1-32-28-17-20(12-15-27(28)33-18-19-10-13-21(30)14-11-19)16-26-22-6-2-4-8-24(22)29(31)25-9-5-3-7-23(25)26/h2-17H,18H2,1H3. The molecule has 5 rings (SSSR count). The molecule has 1 aliphatic rings. The fourth-order valence-electron chi connectivity index (χ4n) is 4.08. The number of carbonyl (C=O) groups is 1. The molecule has 0 saturated heterocycles. The van der Waals surface area contributed by atoms with Crippen LogP contribution in [0, 0.1) is 5.82 Å². The summed E-state index contributed by atoms with van der Waals surface area (Å²) in [5, 5.41) is 0. The Labute approximate surface area is 191 Å². The maximum absolute atomic E-state index is 13.1. The van der Waals surface area contributed by atoms with Crippen molar-refractivity contribution in [2.45, 2.75) is 6.61 Å². The van der Waals surface area contributed by atoms with Gasteiger partial charge in [0.1, 0.15) is 12.4 Å². The van der Waals surface area contributed by atoms with Crippen LogP contribution in [0.5, 0.6) is 11.5 Å². The van der Waals surface area contributed by atoms with E-state index in [4.69, 9.17) is 9.47 Å². The van der Waals surface area contributed by atoms with Crippen molar-refractivity contribution in [3.8, 4) is 11.5 Å². The molecule has 0 atom stereocenters. The summed E-state index contributed by atoms with van der Waals surface area (Å²) in [5.74, 6) is 0.963. The Balaban J connectivity index is 1.50. The molecule has 0 aromatic heterocycles. The fraction of sp³-hybridized carbons (Fsp3) is 0.0690. The van der Waals surface area contributed by atoms with E-state index in [-0.39, 0.29) is 11.6 Å². The van der Waals surface area contributed by atoms with Crippen molar-refractivity contribution in [2.24, 2.45) is 0 Å². The normalized spacial score (nSPS) is 12.1. The molecule has 0 heterocycles. The summed E-state index contributed by atoms with van der Waals surface area (Å²) in [6, 6.07) is 27.3. The average molecular weight is 436 g/mol. The van der Waals surface area contributed by atoms with E-state index in [0.29, 0.717) is 29.2 Å². The van der Waals surface area contributed by atoms with Gasteiger partial charge in [0.05, 0.1) is 7.11 Å². The lowest BCUT2D eigenvalue weighted by Crippen LogP contribution is -2.14. The van der Waals surface area contributed by atoms with Crippen LogP contribution < -0.4 is 9.47 Å². The number of fused-ring (bicyclic) bond motifs is 2. The lowest BCUT2D eigenvalue weighted by atomic mass is 9.81. The van der Waals surface area contributed by atoms with Crippen molar-refractivity contribution in [2.75, 3.05) is 7.11 Å². The lowest BCUT2D eigenvalue weighted by Gasteiger charge is -2.21. The van der Waals surface area contributed by atoms with E-state index in [1.807, 2.05) is 66.7 Å². The Morgan fingerprint density at radius 1 is 0.758 bits per heavy atom. The number of ketones is 1. The van der Waals surface area contributed by atoms with Gasteiger partial charge in [0.15, 0.2) is 17.3 Å². The third kappa shape index (κ3) is 4.03. The molecule has 0 fully saturated rings. The van der Waals surface area contributed by atoms with E-state index in [2.05, 4.69) is 6.08 Å². The Kier molecular flexibility index (Phi) is 5.49. The Hall–Kier alpha value is -4.18. The van der Waals surface area contributed by atoms with E-state index in [9.17, 15) is 9.18 Å². The van der Waals surface area contributed by atoms with Gasteiger partial charge in [-0.15, -0.1) is 0 Å². The minimum Gasteiger partial charge on any atom is -0.493 e. The number of hydrogen-bond donors (Lipinski definition) is 0. The molecule has 0 N–H and O–H groups in total. The van der Waals surface area contributed by atoms with Gasteiger partial charge < -0.3 is 9.47 Å². The highest BCUT2D eigenvalue weighted by Crippen LogP contribution is 2.38. The van der Waals surface area contributed by atoms with Gasteiger partial charge in [-0.25, -0.2) is 4.39 Å². The molecule has 4 heteroatoms. The quantitative estimate of drug-likeness (QED) is 0.314. The highest BCUT2D eigenvalue weighted by molar-refractivity contribution is 6.20. The summed E-state index contributed by atoms with van der Waals surface area (Å²) < 4.78 is 24.6. The number of methoxy groups -OCH3 is 1. The fourth-order valence-corrected chi connectivity index (χ4v) is 4.08. The van der Waals surface area contributed by atoms with Crippen LogP contribution in [0.25, 0.3) is 11.6 Å². The predicted molar refractivity (Wildman–Crippen MR) is 127 cm³/mol. The highest BCUT2D eigenvalue weighted by atomic mass is 19.1.